The van der Waals surface area contributed by atoms with Gasteiger partial charge in [0.25, 0.3) is 0 Å². The molecule has 21 heavy (non-hydrogen) atoms. The molecule has 0 fully saturated rings. The van der Waals surface area contributed by atoms with Crippen LogP contribution in [0.2, 0.25) is 0 Å². The fourth-order valence-corrected chi connectivity index (χ4v) is 2.29. The highest BCUT2D eigenvalue weighted by Gasteiger charge is 2.18. The summed E-state index contributed by atoms with van der Waals surface area (Å²) < 4.78 is 6.96. The molecule has 4 heteroatoms. The number of esters is 1. The van der Waals surface area contributed by atoms with Gasteiger partial charge < -0.3 is 4.74 Å². The van der Waals surface area contributed by atoms with Crippen molar-refractivity contribution in [2.24, 2.45) is 5.92 Å². The van der Waals surface area contributed by atoms with Gasteiger partial charge in [-0.1, -0.05) is 24.6 Å². The van der Waals surface area contributed by atoms with Crippen molar-refractivity contribution in [1.29, 1.82) is 0 Å². The molecular weight excluding hydrogens is 264 g/mol. The smallest absolute Gasteiger partial charge is 0.308 e. The molecule has 0 aliphatic carbocycles. The van der Waals surface area contributed by atoms with Gasteiger partial charge in [-0.05, 0) is 44.9 Å². The average Bonchev–Trinajstić information content (AvgIpc) is 2.81. The number of aryl methyl sites for hydroxylation is 1. The van der Waals surface area contributed by atoms with Crippen LogP contribution < -0.4 is 0 Å². The molecule has 0 N–H and O–H groups in total. The van der Waals surface area contributed by atoms with Crippen molar-refractivity contribution in [2.45, 2.75) is 34.1 Å². The van der Waals surface area contributed by atoms with Gasteiger partial charge in [-0.25, -0.2) is 4.68 Å². The van der Waals surface area contributed by atoms with Crippen molar-refractivity contribution >= 4 is 5.97 Å². The van der Waals surface area contributed by atoms with E-state index >= 15 is 0 Å². The van der Waals surface area contributed by atoms with Crippen molar-refractivity contribution in [3.05, 3.63) is 47.3 Å². The van der Waals surface area contributed by atoms with E-state index in [0.29, 0.717) is 13.0 Å². The van der Waals surface area contributed by atoms with E-state index in [1.807, 2.05) is 43.8 Å². The summed E-state index contributed by atoms with van der Waals surface area (Å²) in [4.78, 5) is 11.7. The Morgan fingerprint density at radius 1 is 1.29 bits per heavy atom. The summed E-state index contributed by atoms with van der Waals surface area (Å²) in [6.07, 6.45) is 2.49. The van der Waals surface area contributed by atoms with Crippen molar-refractivity contribution < 1.29 is 9.53 Å². The predicted octanol–water partition coefficient (Wildman–Crippen LogP) is 3.23. The molecule has 2 aromatic rings. The van der Waals surface area contributed by atoms with E-state index in [1.54, 1.807) is 0 Å². The molecule has 112 valence electrons. The van der Waals surface area contributed by atoms with Crippen LogP contribution in [-0.2, 0) is 16.0 Å². The van der Waals surface area contributed by atoms with Crippen LogP contribution >= 0.6 is 0 Å². The zero-order valence-corrected chi connectivity index (χ0v) is 13.1. The maximum atomic E-state index is 11.7. The van der Waals surface area contributed by atoms with Crippen LogP contribution in [-0.4, -0.2) is 22.4 Å². The molecule has 0 aliphatic rings. The van der Waals surface area contributed by atoms with Gasteiger partial charge >= 0.3 is 5.97 Å². The number of carbonyl (C=O) groups excluding carboxylic acids is 1. The first-order valence-corrected chi connectivity index (χ1v) is 7.30. The summed E-state index contributed by atoms with van der Waals surface area (Å²) in [7, 11) is 0. The maximum absolute atomic E-state index is 11.7. The minimum absolute atomic E-state index is 0.153. The SMILES string of the molecule is CCOC(=O)[C@@H](C)Cc1cnn(-c2ccc(C)cc2)c1C. The highest BCUT2D eigenvalue weighted by molar-refractivity contribution is 5.72. The summed E-state index contributed by atoms with van der Waals surface area (Å²) in [6.45, 7) is 8.23. The first-order valence-electron chi connectivity index (χ1n) is 7.30. The molecule has 2 rings (SSSR count). The highest BCUT2D eigenvalue weighted by Crippen LogP contribution is 2.18. The topological polar surface area (TPSA) is 44.1 Å². The Kier molecular flexibility index (Phi) is 4.78. The fourth-order valence-electron chi connectivity index (χ4n) is 2.29. The summed E-state index contributed by atoms with van der Waals surface area (Å²) in [5, 5.41) is 4.44. The van der Waals surface area contributed by atoms with Crippen LogP contribution in [0.3, 0.4) is 0 Å². The molecule has 0 saturated carbocycles. The van der Waals surface area contributed by atoms with E-state index in [4.69, 9.17) is 4.74 Å². The Bertz CT molecular complexity index is 614. The standard InChI is InChI=1S/C17H22N2O2/c1-5-21-17(20)13(3)10-15-11-18-19(14(15)4)16-8-6-12(2)7-9-16/h6-9,11,13H,5,10H2,1-4H3/t13-/m0/s1. The van der Waals surface area contributed by atoms with Crippen LogP contribution in [0.4, 0.5) is 0 Å². The van der Waals surface area contributed by atoms with Gasteiger partial charge in [0.05, 0.1) is 24.4 Å². The maximum Gasteiger partial charge on any atom is 0.308 e. The monoisotopic (exact) mass is 286 g/mol. The van der Waals surface area contributed by atoms with E-state index < -0.39 is 0 Å². The lowest BCUT2D eigenvalue weighted by Crippen LogP contribution is -2.17. The number of hydrogen-bond acceptors (Lipinski definition) is 3. The molecule has 0 amide bonds. The van der Waals surface area contributed by atoms with Crippen molar-refractivity contribution in [1.82, 2.24) is 9.78 Å². The second kappa shape index (κ2) is 6.57. The van der Waals surface area contributed by atoms with E-state index in [2.05, 4.69) is 24.2 Å². The number of benzene rings is 1. The van der Waals surface area contributed by atoms with Gasteiger partial charge in [-0.2, -0.15) is 5.10 Å². The van der Waals surface area contributed by atoms with Crippen LogP contribution in [0.15, 0.2) is 30.5 Å². The lowest BCUT2D eigenvalue weighted by atomic mass is 10.0. The zero-order chi connectivity index (χ0) is 15.4. The van der Waals surface area contributed by atoms with Gasteiger partial charge in [0, 0.05) is 5.69 Å². The Balaban J connectivity index is 2.17. The molecule has 0 radical (unpaired) electrons. The number of ether oxygens (including phenoxy) is 1. The lowest BCUT2D eigenvalue weighted by Gasteiger charge is -2.10. The first kappa shape index (κ1) is 15.3. The molecule has 0 spiro atoms. The van der Waals surface area contributed by atoms with Crippen LogP contribution in [0.1, 0.15) is 30.7 Å². The summed E-state index contributed by atoms with van der Waals surface area (Å²) in [6, 6.07) is 8.23. The lowest BCUT2D eigenvalue weighted by molar-refractivity contribution is -0.147. The summed E-state index contributed by atoms with van der Waals surface area (Å²) >= 11 is 0. The van der Waals surface area contributed by atoms with Crippen LogP contribution in [0, 0.1) is 19.8 Å². The molecule has 1 aromatic carbocycles. The molecule has 1 aromatic heterocycles. The molecule has 1 heterocycles. The minimum Gasteiger partial charge on any atom is -0.466 e. The zero-order valence-electron chi connectivity index (χ0n) is 13.1. The van der Waals surface area contributed by atoms with Gasteiger partial charge in [-0.15, -0.1) is 0 Å². The van der Waals surface area contributed by atoms with Crippen molar-refractivity contribution in [2.75, 3.05) is 6.61 Å². The third-order valence-corrected chi connectivity index (χ3v) is 3.61. The largest absolute Gasteiger partial charge is 0.466 e. The van der Waals surface area contributed by atoms with Crippen LogP contribution in [0.5, 0.6) is 0 Å². The number of aromatic nitrogens is 2. The number of rotatable bonds is 5. The Morgan fingerprint density at radius 2 is 1.95 bits per heavy atom. The van der Waals surface area contributed by atoms with E-state index in [1.165, 1.54) is 5.56 Å². The molecule has 0 aliphatic heterocycles. The number of nitrogens with zero attached hydrogens (tertiary/aromatic N) is 2. The van der Waals surface area contributed by atoms with Crippen molar-refractivity contribution in [3.63, 3.8) is 0 Å². The normalized spacial score (nSPS) is 12.2. The molecule has 0 saturated heterocycles. The Labute approximate surface area is 125 Å². The second-order valence-electron chi connectivity index (χ2n) is 5.36. The molecule has 1 atom stereocenters. The Hall–Kier alpha value is -2.10. The summed E-state index contributed by atoms with van der Waals surface area (Å²) in [5.41, 5.74) is 4.40. The minimum atomic E-state index is -0.153. The quantitative estimate of drug-likeness (QED) is 0.793. The third-order valence-electron chi connectivity index (χ3n) is 3.61. The Morgan fingerprint density at radius 3 is 2.57 bits per heavy atom. The third kappa shape index (κ3) is 3.51. The summed E-state index contributed by atoms with van der Waals surface area (Å²) in [5.74, 6) is -0.306. The second-order valence-corrected chi connectivity index (χ2v) is 5.36. The molecule has 0 bridgehead atoms. The highest BCUT2D eigenvalue weighted by atomic mass is 16.5. The van der Waals surface area contributed by atoms with Crippen LogP contribution in [0.25, 0.3) is 5.69 Å². The molecular formula is C17H22N2O2. The van der Waals surface area contributed by atoms with Gasteiger partial charge in [-0.3, -0.25) is 4.79 Å². The van der Waals surface area contributed by atoms with E-state index in [0.717, 1.165) is 16.9 Å². The predicted molar refractivity (Wildman–Crippen MR) is 82.5 cm³/mol. The number of carbonyl (C=O) groups is 1. The number of hydrogen-bond donors (Lipinski definition) is 0. The molecule has 4 nitrogen and oxygen atoms in total. The van der Waals surface area contributed by atoms with E-state index in [9.17, 15) is 4.79 Å². The first-order chi connectivity index (χ1) is 10.0. The average molecular weight is 286 g/mol. The molecule has 0 unspecified atom stereocenters. The van der Waals surface area contributed by atoms with Gasteiger partial charge in [0.2, 0.25) is 0 Å². The fraction of sp³-hybridized carbons (Fsp3) is 0.412. The van der Waals surface area contributed by atoms with Gasteiger partial charge in [0.15, 0.2) is 0 Å². The van der Waals surface area contributed by atoms with E-state index in [-0.39, 0.29) is 11.9 Å². The van der Waals surface area contributed by atoms with Crippen molar-refractivity contribution in [3.8, 4) is 5.69 Å². The van der Waals surface area contributed by atoms with Gasteiger partial charge in [0.1, 0.15) is 0 Å².